The Labute approximate surface area is 114 Å². The number of aromatic nitrogens is 3. The van der Waals surface area contributed by atoms with Crippen molar-refractivity contribution in [1.82, 2.24) is 15.1 Å². The second kappa shape index (κ2) is 5.19. The standard InChI is InChI=1S/C13H12N4OS/c1-9-5-10(18-17-9)6-15-13-8-14-7-11(16-13)12-3-2-4-19-12/h2-5,7-8H,6H2,1H3,(H,15,16). The van der Waals surface area contributed by atoms with Crippen LogP contribution in [0.2, 0.25) is 0 Å². The zero-order chi connectivity index (χ0) is 13.1. The van der Waals surface area contributed by atoms with Crippen molar-refractivity contribution in [2.24, 2.45) is 0 Å². The monoisotopic (exact) mass is 272 g/mol. The summed E-state index contributed by atoms with van der Waals surface area (Å²) >= 11 is 1.64. The van der Waals surface area contributed by atoms with E-state index in [1.165, 1.54) is 0 Å². The first kappa shape index (κ1) is 11.9. The van der Waals surface area contributed by atoms with Crippen LogP contribution in [0.5, 0.6) is 0 Å². The van der Waals surface area contributed by atoms with E-state index in [0.717, 1.165) is 27.8 Å². The SMILES string of the molecule is Cc1cc(CNc2cncc(-c3cccs3)n2)on1. The maximum absolute atomic E-state index is 5.13. The largest absolute Gasteiger partial charge is 0.361 e. The Morgan fingerprint density at radius 1 is 1.37 bits per heavy atom. The van der Waals surface area contributed by atoms with Gasteiger partial charge in [0.1, 0.15) is 11.5 Å². The number of rotatable bonds is 4. The first-order valence-corrected chi connectivity index (χ1v) is 6.71. The van der Waals surface area contributed by atoms with Crippen LogP contribution >= 0.6 is 11.3 Å². The van der Waals surface area contributed by atoms with Crippen molar-refractivity contribution in [3.63, 3.8) is 0 Å². The summed E-state index contributed by atoms with van der Waals surface area (Å²) in [6.45, 7) is 2.44. The highest BCUT2D eigenvalue weighted by atomic mass is 32.1. The molecule has 96 valence electrons. The fourth-order valence-electron chi connectivity index (χ4n) is 1.67. The average Bonchev–Trinajstić information content (AvgIpc) is 3.08. The van der Waals surface area contributed by atoms with Crippen molar-refractivity contribution in [3.8, 4) is 10.6 Å². The molecular formula is C13H12N4OS. The van der Waals surface area contributed by atoms with Crippen molar-refractivity contribution >= 4 is 17.2 Å². The molecule has 1 N–H and O–H groups in total. The molecule has 3 aromatic heterocycles. The summed E-state index contributed by atoms with van der Waals surface area (Å²) in [7, 11) is 0. The number of anilines is 1. The highest BCUT2D eigenvalue weighted by molar-refractivity contribution is 7.13. The smallest absolute Gasteiger partial charge is 0.156 e. The van der Waals surface area contributed by atoms with Crippen molar-refractivity contribution in [2.75, 3.05) is 5.32 Å². The molecule has 0 saturated carbocycles. The van der Waals surface area contributed by atoms with Gasteiger partial charge in [-0.25, -0.2) is 4.98 Å². The maximum atomic E-state index is 5.13. The van der Waals surface area contributed by atoms with Gasteiger partial charge >= 0.3 is 0 Å². The van der Waals surface area contributed by atoms with Crippen LogP contribution in [0.1, 0.15) is 11.5 Å². The van der Waals surface area contributed by atoms with Gasteiger partial charge in [0.15, 0.2) is 5.76 Å². The second-order valence-electron chi connectivity index (χ2n) is 4.06. The van der Waals surface area contributed by atoms with E-state index in [9.17, 15) is 0 Å². The Bertz CT molecular complexity index is 663. The van der Waals surface area contributed by atoms with Gasteiger partial charge < -0.3 is 9.84 Å². The minimum atomic E-state index is 0.545. The number of hydrogen-bond donors (Lipinski definition) is 1. The molecule has 0 radical (unpaired) electrons. The highest BCUT2D eigenvalue weighted by Gasteiger charge is 2.04. The molecular weight excluding hydrogens is 260 g/mol. The minimum absolute atomic E-state index is 0.545. The molecule has 0 unspecified atom stereocenters. The Morgan fingerprint density at radius 3 is 3.05 bits per heavy atom. The molecule has 3 heterocycles. The number of nitrogens with zero attached hydrogens (tertiary/aromatic N) is 3. The summed E-state index contributed by atoms with van der Waals surface area (Å²) in [5, 5.41) is 9.03. The lowest BCUT2D eigenvalue weighted by Crippen LogP contribution is -2.01. The van der Waals surface area contributed by atoms with Crippen LogP contribution in [-0.4, -0.2) is 15.1 Å². The van der Waals surface area contributed by atoms with Gasteiger partial charge in [-0.05, 0) is 18.4 Å². The molecule has 6 heteroatoms. The minimum Gasteiger partial charge on any atom is -0.361 e. The fraction of sp³-hybridized carbons (Fsp3) is 0.154. The summed E-state index contributed by atoms with van der Waals surface area (Å²) in [5.41, 5.74) is 1.74. The molecule has 19 heavy (non-hydrogen) atoms. The molecule has 0 fully saturated rings. The Kier molecular flexibility index (Phi) is 3.24. The molecule has 3 rings (SSSR count). The van der Waals surface area contributed by atoms with Crippen molar-refractivity contribution in [3.05, 3.63) is 47.4 Å². The summed E-state index contributed by atoms with van der Waals surface area (Å²) in [5.74, 6) is 1.50. The van der Waals surface area contributed by atoms with Crippen LogP contribution in [0, 0.1) is 6.92 Å². The molecule has 0 aromatic carbocycles. The van der Waals surface area contributed by atoms with E-state index in [2.05, 4.69) is 20.4 Å². The average molecular weight is 272 g/mol. The van der Waals surface area contributed by atoms with E-state index in [1.54, 1.807) is 23.7 Å². The summed E-state index contributed by atoms with van der Waals surface area (Å²) in [4.78, 5) is 9.81. The summed E-state index contributed by atoms with van der Waals surface area (Å²) in [6.07, 6.45) is 3.45. The molecule has 0 aliphatic rings. The third-order valence-corrected chi connectivity index (χ3v) is 3.42. The number of nitrogens with one attached hydrogen (secondary N) is 1. The normalized spacial score (nSPS) is 10.6. The van der Waals surface area contributed by atoms with E-state index in [1.807, 2.05) is 30.5 Å². The van der Waals surface area contributed by atoms with Crippen LogP contribution in [-0.2, 0) is 6.54 Å². The Balaban J connectivity index is 1.73. The first-order valence-electron chi connectivity index (χ1n) is 5.83. The zero-order valence-corrected chi connectivity index (χ0v) is 11.1. The van der Waals surface area contributed by atoms with Crippen LogP contribution in [0.3, 0.4) is 0 Å². The predicted molar refractivity (Wildman–Crippen MR) is 73.9 cm³/mol. The number of thiophene rings is 1. The Hall–Kier alpha value is -2.21. The summed E-state index contributed by atoms with van der Waals surface area (Å²) in [6, 6.07) is 5.92. The van der Waals surface area contributed by atoms with Gasteiger partial charge in [-0.2, -0.15) is 0 Å². The van der Waals surface area contributed by atoms with Gasteiger partial charge in [0.2, 0.25) is 0 Å². The number of aryl methyl sites for hydroxylation is 1. The van der Waals surface area contributed by atoms with Gasteiger partial charge in [0, 0.05) is 6.07 Å². The van der Waals surface area contributed by atoms with Gasteiger partial charge in [-0.3, -0.25) is 4.98 Å². The Morgan fingerprint density at radius 2 is 2.32 bits per heavy atom. The highest BCUT2D eigenvalue weighted by Crippen LogP contribution is 2.22. The topological polar surface area (TPSA) is 63.8 Å². The van der Waals surface area contributed by atoms with Crippen LogP contribution in [0.4, 0.5) is 5.82 Å². The predicted octanol–water partition coefficient (Wildman–Crippen LogP) is 3.11. The van der Waals surface area contributed by atoms with Crippen molar-refractivity contribution < 1.29 is 4.52 Å². The van der Waals surface area contributed by atoms with Gasteiger partial charge in [0.05, 0.1) is 29.5 Å². The second-order valence-corrected chi connectivity index (χ2v) is 5.00. The molecule has 3 aromatic rings. The van der Waals surface area contributed by atoms with E-state index in [-0.39, 0.29) is 0 Å². The van der Waals surface area contributed by atoms with E-state index >= 15 is 0 Å². The van der Waals surface area contributed by atoms with Crippen LogP contribution in [0.25, 0.3) is 10.6 Å². The quantitative estimate of drug-likeness (QED) is 0.790. The lowest BCUT2D eigenvalue weighted by atomic mass is 10.3. The molecule has 0 saturated heterocycles. The van der Waals surface area contributed by atoms with E-state index < -0.39 is 0 Å². The van der Waals surface area contributed by atoms with Crippen LogP contribution in [0.15, 0.2) is 40.5 Å². The molecule has 0 atom stereocenters. The van der Waals surface area contributed by atoms with E-state index in [4.69, 9.17) is 4.52 Å². The van der Waals surface area contributed by atoms with E-state index in [0.29, 0.717) is 6.54 Å². The lowest BCUT2D eigenvalue weighted by Gasteiger charge is -2.03. The summed E-state index contributed by atoms with van der Waals surface area (Å²) < 4.78 is 5.13. The zero-order valence-electron chi connectivity index (χ0n) is 10.3. The van der Waals surface area contributed by atoms with Gasteiger partial charge in [-0.1, -0.05) is 11.2 Å². The van der Waals surface area contributed by atoms with Crippen LogP contribution < -0.4 is 5.32 Å². The number of hydrogen-bond acceptors (Lipinski definition) is 6. The molecule has 0 spiro atoms. The molecule has 0 aliphatic carbocycles. The molecule has 0 bridgehead atoms. The third kappa shape index (κ3) is 2.79. The van der Waals surface area contributed by atoms with Crippen molar-refractivity contribution in [1.29, 1.82) is 0 Å². The molecule has 5 nitrogen and oxygen atoms in total. The fourth-order valence-corrected chi connectivity index (χ4v) is 2.35. The molecule has 0 amide bonds. The van der Waals surface area contributed by atoms with Gasteiger partial charge in [0.25, 0.3) is 0 Å². The van der Waals surface area contributed by atoms with Gasteiger partial charge in [-0.15, -0.1) is 11.3 Å². The maximum Gasteiger partial charge on any atom is 0.156 e. The third-order valence-electron chi connectivity index (χ3n) is 2.53. The lowest BCUT2D eigenvalue weighted by molar-refractivity contribution is 0.384. The van der Waals surface area contributed by atoms with Crippen molar-refractivity contribution in [2.45, 2.75) is 13.5 Å². The first-order chi connectivity index (χ1) is 9.31. The molecule has 0 aliphatic heterocycles.